The molecule has 4 aromatic rings. The highest BCUT2D eigenvalue weighted by Crippen LogP contribution is 2.28. The number of fused-ring (bicyclic) bond motifs is 1. The number of amides is 1. The summed E-state index contributed by atoms with van der Waals surface area (Å²) in [6, 6.07) is 24.4. The van der Waals surface area contributed by atoms with E-state index in [0.29, 0.717) is 23.6 Å². The summed E-state index contributed by atoms with van der Waals surface area (Å²) in [4.78, 5) is 23.6. The quantitative estimate of drug-likeness (QED) is 0.497. The Bertz CT molecular complexity index is 1190. The molecule has 1 aromatic heterocycles. The number of Topliss-reactive ketones (excluding diaryl/α,β-unsaturated/α-hetero) is 1. The number of ether oxygens (including phenoxy) is 1. The Balaban J connectivity index is 1.71. The Morgan fingerprint density at radius 1 is 0.931 bits per heavy atom. The predicted molar refractivity (Wildman–Crippen MR) is 113 cm³/mol. The van der Waals surface area contributed by atoms with Crippen molar-refractivity contribution in [3.05, 3.63) is 95.7 Å². The number of benzene rings is 3. The summed E-state index contributed by atoms with van der Waals surface area (Å²) >= 11 is 0. The lowest BCUT2D eigenvalue weighted by molar-refractivity contribution is 0.0990. The minimum atomic E-state index is -0.524. The van der Waals surface area contributed by atoms with Gasteiger partial charge in [-0.05, 0) is 61.0 Å². The summed E-state index contributed by atoms with van der Waals surface area (Å²) in [5, 5.41) is 0.847. The molecule has 4 rings (SSSR count). The van der Waals surface area contributed by atoms with E-state index in [0.717, 1.165) is 22.2 Å². The maximum Gasteiger partial charge on any atom is 0.265 e. The lowest BCUT2D eigenvalue weighted by Gasteiger charge is -2.10. The van der Waals surface area contributed by atoms with Crippen LogP contribution in [-0.4, -0.2) is 16.3 Å². The SMILES string of the molecule is CC(=O)c1ccc(-n2c(C(N)=O)cc3cc(OCc4ccccc4)ccc32)cc1. The number of primary amides is 1. The van der Waals surface area contributed by atoms with Crippen LogP contribution >= 0.6 is 0 Å². The molecule has 2 N–H and O–H groups in total. The van der Waals surface area contributed by atoms with Gasteiger partial charge in [0.15, 0.2) is 5.78 Å². The zero-order valence-corrected chi connectivity index (χ0v) is 16.0. The summed E-state index contributed by atoms with van der Waals surface area (Å²) in [6.07, 6.45) is 0. The molecule has 0 spiro atoms. The lowest BCUT2D eigenvalue weighted by atomic mass is 10.1. The van der Waals surface area contributed by atoms with Crippen molar-refractivity contribution in [2.75, 3.05) is 0 Å². The minimum Gasteiger partial charge on any atom is -0.489 e. The number of nitrogens with zero attached hydrogens (tertiary/aromatic N) is 1. The molecule has 0 unspecified atom stereocenters. The van der Waals surface area contributed by atoms with Gasteiger partial charge in [-0.25, -0.2) is 0 Å². The van der Waals surface area contributed by atoms with Crippen molar-refractivity contribution in [1.82, 2.24) is 4.57 Å². The zero-order valence-electron chi connectivity index (χ0n) is 16.0. The maximum atomic E-state index is 12.1. The fraction of sp³-hybridized carbons (Fsp3) is 0.0833. The van der Waals surface area contributed by atoms with Crippen LogP contribution in [0, 0.1) is 0 Å². The third kappa shape index (κ3) is 3.75. The van der Waals surface area contributed by atoms with Crippen molar-refractivity contribution >= 4 is 22.6 Å². The third-order valence-electron chi connectivity index (χ3n) is 4.81. The first kappa shape index (κ1) is 18.5. The molecule has 0 saturated carbocycles. The fourth-order valence-electron chi connectivity index (χ4n) is 3.33. The van der Waals surface area contributed by atoms with E-state index in [2.05, 4.69) is 0 Å². The molecule has 0 aliphatic heterocycles. The number of aromatic nitrogens is 1. The lowest BCUT2D eigenvalue weighted by Crippen LogP contribution is -2.15. The summed E-state index contributed by atoms with van der Waals surface area (Å²) in [5.41, 5.74) is 9.28. The normalized spacial score (nSPS) is 10.8. The van der Waals surface area contributed by atoms with Crippen LogP contribution in [0.2, 0.25) is 0 Å². The van der Waals surface area contributed by atoms with E-state index >= 15 is 0 Å². The number of hydrogen-bond acceptors (Lipinski definition) is 3. The van der Waals surface area contributed by atoms with Gasteiger partial charge in [-0.15, -0.1) is 0 Å². The smallest absolute Gasteiger partial charge is 0.265 e. The van der Waals surface area contributed by atoms with E-state index in [-0.39, 0.29) is 5.78 Å². The predicted octanol–water partition coefficient (Wildman–Crippen LogP) is 4.51. The van der Waals surface area contributed by atoms with Crippen LogP contribution < -0.4 is 10.5 Å². The molecule has 3 aromatic carbocycles. The highest BCUT2D eigenvalue weighted by molar-refractivity contribution is 5.99. The van der Waals surface area contributed by atoms with Crippen molar-refractivity contribution in [2.45, 2.75) is 13.5 Å². The highest BCUT2D eigenvalue weighted by Gasteiger charge is 2.15. The van der Waals surface area contributed by atoms with Gasteiger partial charge in [0.1, 0.15) is 18.1 Å². The molecule has 0 fully saturated rings. The van der Waals surface area contributed by atoms with E-state index in [9.17, 15) is 9.59 Å². The number of ketones is 1. The third-order valence-corrected chi connectivity index (χ3v) is 4.81. The molecular weight excluding hydrogens is 364 g/mol. The van der Waals surface area contributed by atoms with Gasteiger partial charge in [-0.3, -0.25) is 9.59 Å². The minimum absolute atomic E-state index is 0.00996. The monoisotopic (exact) mass is 384 g/mol. The second-order valence-electron chi connectivity index (χ2n) is 6.83. The van der Waals surface area contributed by atoms with Crippen LogP contribution in [0.1, 0.15) is 33.3 Å². The van der Waals surface area contributed by atoms with Gasteiger partial charge >= 0.3 is 0 Å². The molecule has 5 heteroatoms. The Morgan fingerprint density at radius 3 is 2.31 bits per heavy atom. The van der Waals surface area contributed by atoms with Crippen molar-refractivity contribution < 1.29 is 14.3 Å². The van der Waals surface area contributed by atoms with Crippen molar-refractivity contribution in [3.63, 3.8) is 0 Å². The average Bonchev–Trinajstić information content (AvgIpc) is 3.12. The largest absolute Gasteiger partial charge is 0.489 e. The van der Waals surface area contributed by atoms with Gasteiger partial charge in [-0.2, -0.15) is 0 Å². The highest BCUT2D eigenvalue weighted by atomic mass is 16.5. The maximum absolute atomic E-state index is 12.1. The van der Waals surface area contributed by atoms with E-state index in [1.807, 2.05) is 60.7 Å². The topological polar surface area (TPSA) is 74.3 Å². The van der Waals surface area contributed by atoms with E-state index in [1.165, 1.54) is 6.92 Å². The van der Waals surface area contributed by atoms with Crippen molar-refractivity contribution in [1.29, 1.82) is 0 Å². The first-order valence-electron chi connectivity index (χ1n) is 9.26. The van der Waals surface area contributed by atoms with Crippen LogP contribution in [0.3, 0.4) is 0 Å². The Labute approximate surface area is 168 Å². The Kier molecular flexibility index (Phi) is 4.87. The number of rotatable bonds is 6. The first-order chi connectivity index (χ1) is 14.0. The van der Waals surface area contributed by atoms with Crippen molar-refractivity contribution in [2.24, 2.45) is 5.73 Å². The second-order valence-corrected chi connectivity index (χ2v) is 6.83. The summed E-state index contributed by atoms with van der Waals surface area (Å²) < 4.78 is 7.69. The number of nitrogens with two attached hydrogens (primary N) is 1. The molecule has 5 nitrogen and oxygen atoms in total. The molecule has 1 heterocycles. The van der Waals surface area contributed by atoms with Gasteiger partial charge in [-0.1, -0.05) is 30.3 Å². The van der Waals surface area contributed by atoms with E-state index < -0.39 is 5.91 Å². The van der Waals surface area contributed by atoms with Crippen LogP contribution in [0.25, 0.3) is 16.6 Å². The molecule has 0 atom stereocenters. The summed E-state index contributed by atoms with van der Waals surface area (Å²) in [5.74, 6) is 0.175. The average molecular weight is 384 g/mol. The summed E-state index contributed by atoms with van der Waals surface area (Å²) in [7, 11) is 0. The fourth-order valence-corrected chi connectivity index (χ4v) is 3.33. The molecular formula is C24H20N2O3. The van der Waals surface area contributed by atoms with Gasteiger partial charge in [0.25, 0.3) is 5.91 Å². The molecule has 0 aliphatic carbocycles. The van der Waals surface area contributed by atoms with Crippen LogP contribution in [0.4, 0.5) is 0 Å². The molecule has 29 heavy (non-hydrogen) atoms. The second kappa shape index (κ2) is 7.64. The van der Waals surface area contributed by atoms with Crippen LogP contribution in [0.15, 0.2) is 78.9 Å². The van der Waals surface area contributed by atoms with Crippen LogP contribution in [-0.2, 0) is 6.61 Å². The molecule has 0 radical (unpaired) electrons. The standard InChI is InChI=1S/C24H20N2O3/c1-16(27)18-7-9-20(10-8-18)26-22-12-11-21(13-19(22)14-23(26)24(25)28)29-15-17-5-3-2-4-6-17/h2-14H,15H2,1H3,(H2,25,28). The molecule has 144 valence electrons. The van der Waals surface area contributed by atoms with E-state index in [1.54, 1.807) is 22.8 Å². The number of carbonyl (C=O) groups is 2. The van der Waals surface area contributed by atoms with Gasteiger partial charge < -0.3 is 15.0 Å². The zero-order chi connectivity index (χ0) is 20.4. The van der Waals surface area contributed by atoms with Gasteiger partial charge in [0.2, 0.25) is 0 Å². The molecule has 0 bridgehead atoms. The molecule has 0 aliphatic rings. The summed E-state index contributed by atoms with van der Waals surface area (Å²) in [6.45, 7) is 1.98. The molecule has 1 amide bonds. The molecule has 0 saturated heterocycles. The number of hydrogen-bond donors (Lipinski definition) is 1. The van der Waals surface area contributed by atoms with E-state index in [4.69, 9.17) is 10.5 Å². The van der Waals surface area contributed by atoms with Crippen LogP contribution in [0.5, 0.6) is 5.75 Å². The van der Waals surface area contributed by atoms with Gasteiger partial charge in [0, 0.05) is 16.6 Å². The number of carbonyl (C=O) groups excluding carboxylic acids is 2. The first-order valence-corrected chi connectivity index (χ1v) is 9.26. The van der Waals surface area contributed by atoms with Gasteiger partial charge in [0.05, 0.1) is 5.52 Å². The Morgan fingerprint density at radius 2 is 1.66 bits per heavy atom. The van der Waals surface area contributed by atoms with Crippen molar-refractivity contribution in [3.8, 4) is 11.4 Å². The Hall–Kier alpha value is -3.86.